The normalized spacial score (nSPS) is 10.5. The molecule has 0 aliphatic carbocycles. The molecule has 19 heavy (non-hydrogen) atoms. The summed E-state index contributed by atoms with van der Waals surface area (Å²) >= 11 is 5.62. The van der Waals surface area contributed by atoms with Crippen molar-refractivity contribution in [3.05, 3.63) is 40.9 Å². The minimum Gasteiger partial charge on any atom is -0.469 e. The van der Waals surface area contributed by atoms with Crippen molar-refractivity contribution in [3.8, 4) is 11.3 Å². The zero-order chi connectivity index (χ0) is 13.8. The lowest BCUT2D eigenvalue weighted by Crippen LogP contribution is -2.02. The highest BCUT2D eigenvalue weighted by Crippen LogP contribution is 2.26. The van der Waals surface area contributed by atoms with Crippen molar-refractivity contribution < 1.29 is 18.4 Å². The van der Waals surface area contributed by atoms with Gasteiger partial charge in [0.05, 0.1) is 12.1 Å². The monoisotopic (exact) mass is 283 g/mol. The van der Waals surface area contributed by atoms with Gasteiger partial charge in [0.25, 0.3) is 0 Å². The third-order valence-corrected chi connectivity index (χ3v) is 2.97. The average molecular weight is 284 g/mol. The van der Waals surface area contributed by atoms with E-state index in [0.29, 0.717) is 23.2 Å². The van der Waals surface area contributed by atoms with E-state index in [0.717, 1.165) is 0 Å². The van der Waals surface area contributed by atoms with Gasteiger partial charge in [-0.05, 0) is 18.6 Å². The Labute approximate surface area is 114 Å². The number of esters is 1. The predicted molar refractivity (Wildman–Crippen MR) is 67.2 cm³/mol. The smallest absolute Gasteiger partial charge is 0.305 e. The van der Waals surface area contributed by atoms with Crippen LogP contribution in [0, 0.1) is 5.82 Å². The fourth-order valence-electron chi connectivity index (χ4n) is 1.65. The number of benzene rings is 1. The predicted octanol–water partition coefficient (Wildman–Crippen LogP) is 3.24. The van der Waals surface area contributed by atoms with Crippen molar-refractivity contribution in [2.24, 2.45) is 0 Å². The summed E-state index contributed by atoms with van der Waals surface area (Å²) in [6.07, 6.45) is 2.06. The number of nitrogens with zero attached hydrogens (tertiary/aromatic N) is 1. The number of carbonyl (C=O) groups is 1. The van der Waals surface area contributed by atoms with Gasteiger partial charge in [-0.1, -0.05) is 22.8 Å². The van der Waals surface area contributed by atoms with Gasteiger partial charge in [0.2, 0.25) is 0 Å². The lowest BCUT2D eigenvalue weighted by molar-refractivity contribution is -0.140. The molecule has 6 heteroatoms. The molecule has 2 rings (SSSR count). The number of aromatic nitrogens is 1. The molecule has 0 saturated carbocycles. The Kier molecular flexibility index (Phi) is 4.16. The van der Waals surface area contributed by atoms with Crippen LogP contribution in [-0.2, 0) is 16.0 Å². The molecule has 0 radical (unpaired) electrons. The van der Waals surface area contributed by atoms with Gasteiger partial charge in [0, 0.05) is 17.5 Å². The molecule has 0 spiro atoms. The third-order valence-electron chi connectivity index (χ3n) is 2.66. The van der Waals surface area contributed by atoms with Gasteiger partial charge < -0.3 is 9.26 Å². The fourth-order valence-corrected chi connectivity index (χ4v) is 1.77. The van der Waals surface area contributed by atoms with Crippen LogP contribution in [0.15, 0.2) is 29.0 Å². The second-order valence-corrected chi connectivity index (χ2v) is 4.30. The molecule has 0 atom stereocenters. The van der Waals surface area contributed by atoms with Crippen LogP contribution < -0.4 is 0 Å². The zero-order valence-corrected chi connectivity index (χ0v) is 10.9. The number of halogens is 2. The minimum atomic E-state index is -0.527. The Balaban J connectivity index is 2.23. The minimum absolute atomic E-state index is 0.0448. The quantitative estimate of drug-likeness (QED) is 0.808. The van der Waals surface area contributed by atoms with E-state index >= 15 is 0 Å². The van der Waals surface area contributed by atoms with Gasteiger partial charge >= 0.3 is 5.97 Å². The first-order valence-corrected chi connectivity index (χ1v) is 5.95. The van der Waals surface area contributed by atoms with Gasteiger partial charge in [-0.25, -0.2) is 4.39 Å². The summed E-state index contributed by atoms with van der Waals surface area (Å²) in [4.78, 5) is 11.1. The topological polar surface area (TPSA) is 52.3 Å². The van der Waals surface area contributed by atoms with Crippen molar-refractivity contribution in [1.29, 1.82) is 0 Å². The molecule has 0 amide bonds. The van der Waals surface area contributed by atoms with Crippen molar-refractivity contribution >= 4 is 17.6 Å². The Morgan fingerprint density at radius 3 is 3.00 bits per heavy atom. The number of hydrogen-bond acceptors (Lipinski definition) is 4. The van der Waals surface area contributed by atoms with Gasteiger partial charge in [-0.15, -0.1) is 0 Å². The van der Waals surface area contributed by atoms with Gasteiger partial charge in [-0.3, -0.25) is 4.79 Å². The Hall–Kier alpha value is -1.88. The number of methoxy groups -OCH3 is 1. The summed E-state index contributed by atoms with van der Waals surface area (Å²) in [7, 11) is 1.32. The number of hydrogen-bond donors (Lipinski definition) is 0. The molecule has 100 valence electrons. The summed E-state index contributed by atoms with van der Waals surface area (Å²) in [5.74, 6) is -0.851. The lowest BCUT2D eigenvalue weighted by Gasteiger charge is -2.02. The van der Waals surface area contributed by atoms with Crippen LogP contribution in [0.5, 0.6) is 0 Å². The molecule has 0 bridgehead atoms. The number of carbonyl (C=O) groups excluding carboxylic acids is 1. The maximum Gasteiger partial charge on any atom is 0.305 e. The maximum absolute atomic E-state index is 13.4. The van der Waals surface area contributed by atoms with E-state index in [1.165, 1.54) is 25.5 Å². The van der Waals surface area contributed by atoms with Crippen molar-refractivity contribution in [2.75, 3.05) is 7.11 Å². The molecule has 0 aliphatic rings. The second kappa shape index (κ2) is 5.84. The molecule has 1 heterocycles. The molecule has 0 saturated heterocycles. The van der Waals surface area contributed by atoms with Gasteiger partial charge in [0.15, 0.2) is 0 Å². The molecule has 0 unspecified atom stereocenters. The van der Waals surface area contributed by atoms with Crippen LogP contribution in [-0.4, -0.2) is 18.2 Å². The van der Waals surface area contributed by atoms with Gasteiger partial charge in [0.1, 0.15) is 17.8 Å². The standard InChI is InChI=1S/C13H11ClFNO3/c1-18-12(17)5-3-9-7-19-16-13(9)8-2-4-10(14)11(15)6-8/h2,4,6-7H,3,5H2,1H3. The van der Waals surface area contributed by atoms with E-state index in [9.17, 15) is 9.18 Å². The Morgan fingerprint density at radius 2 is 2.32 bits per heavy atom. The van der Waals surface area contributed by atoms with Crippen molar-refractivity contribution in [2.45, 2.75) is 12.8 Å². The van der Waals surface area contributed by atoms with Crippen LogP contribution >= 0.6 is 11.6 Å². The summed E-state index contributed by atoms with van der Waals surface area (Å²) in [5.41, 5.74) is 1.77. The first kappa shape index (κ1) is 13.5. The second-order valence-electron chi connectivity index (χ2n) is 3.89. The van der Waals surface area contributed by atoms with Crippen molar-refractivity contribution in [1.82, 2.24) is 5.16 Å². The molecule has 2 aromatic rings. The van der Waals surface area contributed by atoms with Crippen LogP contribution in [0.3, 0.4) is 0 Å². The summed E-state index contributed by atoms with van der Waals surface area (Å²) < 4.78 is 22.8. The molecule has 4 nitrogen and oxygen atoms in total. The SMILES string of the molecule is COC(=O)CCc1conc1-c1ccc(Cl)c(F)c1. The molecular weight excluding hydrogens is 273 g/mol. The third kappa shape index (κ3) is 3.12. The van der Waals surface area contributed by atoms with Crippen LogP contribution in [0.25, 0.3) is 11.3 Å². The van der Waals surface area contributed by atoms with E-state index < -0.39 is 5.82 Å². The average Bonchev–Trinajstić information content (AvgIpc) is 2.87. The van der Waals surface area contributed by atoms with E-state index in [1.807, 2.05) is 0 Å². The van der Waals surface area contributed by atoms with Crippen LogP contribution in [0.1, 0.15) is 12.0 Å². The first-order chi connectivity index (χ1) is 9.11. The summed E-state index contributed by atoms with van der Waals surface area (Å²) in [6.45, 7) is 0. The highest BCUT2D eigenvalue weighted by atomic mass is 35.5. The summed E-state index contributed by atoms with van der Waals surface area (Å²) in [5, 5.41) is 3.87. The van der Waals surface area contributed by atoms with Crippen LogP contribution in [0.2, 0.25) is 5.02 Å². The molecule has 0 N–H and O–H groups in total. The molecule has 0 fully saturated rings. The Bertz CT molecular complexity index is 597. The van der Waals surface area contributed by atoms with E-state index in [-0.39, 0.29) is 17.4 Å². The first-order valence-electron chi connectivity index (χ1n) is 5.57. The van der Waals surface area contributed by atoms with E-state index in [4.69, 9.17) is 16.1 Å². The molecule has 0 aliphatic heterocycles. The highest BCUT2D eigenvalue weighted by molar-refractivity contribution is 6.30. The van der Waals surface area contributed by atoms with Gasteiger partial charge in [-0.2, -0.15) is 0 Å². The summed E-state index contributed by atoms with van der Waals surface area (Å²) in [6, 6.07) is 4.37. The Morgan fingerprint density at radius 1 is 1.53 bits per heavy atom. The number of aryl methyl sites for hydroxylation is 1. The fraction of sp³-hybridized carbons (Fsp3) is 0.231. The molecule has 1 aromatic heterocycles. The molecular formula is C13H11ClFNO3. The van der Waals surface area contributed by atoms with Crippen LogP contribution in [0.4, 0.5) is 4.39 Å². The van der Waals surface area contributed by atoms with E-state index in [1.54, 1.807) is 6.07 Å². The van der Waals surface area contributed by atoms with E-state index in [2.05, 4.69) is 9.89 Å². The zero-order valence-electron chi connectivity index (χ0n) is 10.2. The number of ether oxygens (including phenoxy) is 1. The lowest BCUT2D eigenvalue weighted by atomic mass is 10.0. The highest BCUT2D eigenvalue weighted by Gasteiger charge is 2.13. The number of rotatable bonds is 4. The molecule has 1 aromatic carbocycles. The maximum atomic E-state index is 13.4. The van der Waals surface area contributed by atoms with Crippen molar-refractivity contribution in [3.63, 3.8) is 0 Å². The largest absolute Gasteiger partial charge is 0.469 e.